The van der Waals surface area contributed by atoms with Crippen molar-refractivity contribution in [2.24, 2.45) is 5.41 Å². The minimum Gasteiger partial charge on any atom is -0.480 e. The van der Waals surface area contributed by atoms with Gasteiger partial charge < -0.3 is 15.1 Å². The van der Waals surface area contributed by atoms with Crippen LogP contribution in [0.25, 0.3) is 0 Å². The maximum atomic E-state index is 12.2. The molecule has 1 aliphatic heterocycles. The number of carboxylic acid groups (broad SMARTS) is 1. The van der Waals surface area contributed by atoms with Gasteiger partial charge in [-0.2, -0.15) is 0 Å². The second-order valence-corrected chi connectivity index (χ2v) is 12.0. The topological polar surface area (TPSA) is 77.8 Å². The normalized spacial score (nSPS) is 25.0. The van der Waals surface area contributed by atoms with Crippen LogP contribution in [0.1, 0.15) is 20.8 Å². The molecule has 2 atom stereocenters. The Morgan fingerprint density at radius 3 is 2.22 bits per heavy atom. The van der Waals surface area contributed by atoms with Gasteiger partial charge in [0.25, 0.3) is 5.91 Å². The van der Waals surface area contributed by atoms with Crippen molar-refractivity contribution in [1.82, 2.24) is 4.90 Å². The van der Waals surface area contributed by atoms with E-state index in [0.717, 1.165) is 0 Å². The zero-order chi connectivity index (χ0) is 14.3. The molecule has 0 saturated carbocycles. The number of nitrogens with zero attached hydrogens (tertiary/aromatic N) is 1. The maximum Gasteiger partial charge on any atom is 0.326 e. The molecule has 1 fully saturated rings. The molecule has 0 radical (unpaired) electrons. The van der Waals surface area contributed by atoms with E-state index in [0.29, 0.717) is 12.2 Å². The predicted octanol–water partition coefficient (Wildman–Crippen LogP) is 0.936. The second-order valence-electron chi connectivity index (χ2n) is 6.96. The Kier molecular flexibility index (Phi) is 3.93. The second kappa shape index (κ2) is 4.66. The van der Waals surface area contributed by atoms with Crippen LogP contribution in [0.15, 0.2) is 0 Å². The Morgan fingerprint density at radius 2 is 1.83 bits per heavy atom. The highest BCUT2D eigenvalue weighted by molar-refractivity contribution is 6.79. The Morgan fingerprint density at radius 1 is 1.33 bits per heavy atom. The molecule has 6 heteroatoms. The van der Waals surface area contributed by atoms with Gasteiger partial charge in [0, 0.05) is 6.17 Å². The smallest absolute Gasteiger partial charge is 0.326 e. The van der Waals surface area contributed by atoms with Gasteiger partial charge in [0.05, 0.1) is 8.07 Å². The average Bonchev–Trinajstić information content (AvgIpc) is 2.51. The molecule has 0 spiro atoms. The monoisotopic (exact) mass is 273 g/mol. The number of rotatable bonds is 2. The van der Waals surface area contributed by atoms with Crippen LogP contribution in [0, 0.1) is 5.41 Å². The molecule has 1 saturated heterocycles. The molecule has 0 aromatic rings. The zero-order valence-electron chi connectivity index (χ0n) is 11.7. The number of carboxylic acids is 1. The highest BCUT2D eigenvalue weighted by atomic mass is 28.3. The number of aliphatic carboxylic acids is 1. The Balaban J connectivity index is 2.94. The van der Waals surface area contributed by atoms with Crippen LogP contribution in [-0.2, 0) is 9.59 Å². The fourth-order valence-corrected chi connectivity index (χ4v) is 5.12. The number of amides is 1. The summed E-state index contributed by atoms with van der Waals surface area (Å²) in [6.45, 7) is 9.44. The summed E-state index contributed by atoms with van der Waals surface area (Å²) in [7, 11) is -1.68. The quantitative estimate of drug-likeness (QED) is 0.734. The van der Waals surface area contributed by atoms with Crippen molar-refractivity contribution in [1.29, 1.82) is 0 Å². The molecule has 0 bridgehead atoms. The fourth-order valence-electron chi connectivity index (χ4n) is 2.25. The number of aliphatic hydroxyl groups excluding tert-OH is 1. The van der Waals surface area contributed by atoms with Gasteiger partial charge in [0.1, 0.15) is 12.1 Å². The van der Waals surface area contributed by atoms with E-state index in [1.165, 1.54) is 4.90 Å². The number of aliphatic hydroxyl groups is 1. The third-order valence-corrected chi connectivity index (χ3v) is 6.03. The third kappa shape index (κ3) is 3.11. The largest absolute Gasteiger partial charge is 0.480 e. The molecule has 1 aliphatic rings. The lowest BCUT2D eigenvalue weighted by molar-refractivity contribution is -0.154. The lowest BCUT2D eigenvalue weighted by Gasteiger charge is -2.31. The zero-order valence-corrected chi connectivity index (χ0v) is 12.7. The summed E-state index contributed by atoms with van der Waals surface area (Å²) in [5.74, 6) is -1.42. The first-order valence-corrected chi connectivity index (χ1v) is 9.58. The van der Waals surface area contributed by atoms with E-state index in [1.54, 1.807) is 20.8 Å². The fraction of sp³-hybridized carbons (Fsp3) is 0.833. The van der Waals surface area contributed by atoms with Gasteiger partial charge in [0.15, 0.2) is 0 Å². The van der Waals surface area contributed by atoms with Gasteiger partial charge in [-0.25, -0.2) is 4.79 Å². The maximum absolute atomic E-state index is 12.2. The van der Waals surface area contributed by atoms with Crippen LogP contribution < -0.4 is 0 Å². The van der Waals surface area contributed by atoms with E-state index in [-0.39, 0.29) is 0 Å². The molecule has 104 valence electrons. The summed E-state index contributed by atoms with van der Waals surface area (Å²) < 4.78 is 0. The first kappa shape index (κ1) is 15.2. The van der Waals surface area contributed by atoms with Crippen molar-refractivity contribution < 1.29 is 19.8 Å². The summed E-state index contributed by atoms with van der Waals surface area (Å²) in [6, 6.07) is -0.207. The number of hydrogen-bond acceptors (Lipinski definition) is 3. The van der Waals surface area contributed by atoms with Crippen LogP contribution in [0.5, 0.6) is 0 Å². The molecular formula is C12H23NO4Si. The summed E-state index contributed by atoms with van der Waals surface area (Å²) >= 11 is 0. The van der Waals surface area contributed by atoms with Crippen molar-refractivity contribution in [2.45, 2.75) is 52.1 Å². The summed E-state index contributed by atoms with van der Waals surface area (Å²) in [5.41, 5.74) is -0.575. The lowest BCUT2D eigenvalue weighted by Crippen LogP contribution is -2.49. The van der Waals surface area contributed by atoms with Crippen LogP contribution in [0.3, 0.4) is 0 Å². The SMILES string of the molecule is CC(C)(C)C(O)C(=O)N1C[Si](C)(C)CC1C(=O)O. The Hall–Kier alpha value is -0.883. The predicted molar refractivity (Wildman–Crippen MR) is 70.9 cm³/mol. The van der Waals surface area contributed by atoms with Crippen molar-refractivity contribution in [3.8, 4) is 0 Å². The molecule has 2 N–H and O–H groups in total. The summed E-state index contributed by atoms with van der Waals surface area (Å²) in [5, 5.41) is 19.2. The van der Waals surface area contributed by atoms with Crippen molar-refractivity contribution in [3.63, 3.8) is 0 Å². The van der Waals surface area contributed by atoms with Gasteiger partial charge in [-0.3, -0.25) is 4.79 Å². The molecule has 1 amide bonds. The molecule has 5 nitrogen and oxygen atoms in total. The van der Waals surface area contributed by atoms with Crippen LogP contribution in [0.4, 0.5) is 0 Å². The van der Waals surface area contributed by atoms with E-state index in [1.807, 2.05) is 0 Å². The molecule has 1 rings (SSSR count). The number of hydrogen-bond donors (Lipinski definition) is 2. The van der Waals surface area contributed by atoms with Crippen LogP contribution >= 0.6 is 0 Å². The highest BCUT2D eigenvalue weighted by Crippen LogP contribution is 2.30. The van der Waals surface area contributed by atoms with Gasteiger partial charge in [-0.15, -0.1) is 0 Å². The van der Waals surface area contributed by atoms with Gasteiger partial charge >= 0.3 is 5.97 Å². The molecule has 0 aromatic carbocycles. The molecule has 18 heavy (non-hydrogen) atoms. The Labute approximate surface area is 109 Å². The summed E-state index contributed by atoms with van der Waals surface area (Å²) in [4.78, 5) is 24.8. The standard InChI is InChI=1S/C12H23NO4Si/c1-12(2,3)9(14)10(15)13-7-18(4,5)6-8(13)11(16)17/h8-9,14H,6-7H2,1-5H3,(H,16,17). The minimum absolute atomic E-state index is 0.451. The third-order valence-electron chi connectivity index (χ3n) is 3.34. The van der Waals surface area contributed by atoms with E-state index < -0.39 is 37.5 Å². The average molecular weight is 273 g/mol. The van der Waals surface area contributed by atoms with Crippen molar-refractivity contribution in [3.05, 3.63) is 0 Å². The van der Waals surface area contributed by atoms with E-state index >= 15 is 0 Å². The van der Waals surface area contributed by atoms with Crippen LogP contribution in [0.2, 0.25) is 19.1 Å². The highest BCUT2D eigenvalue weighted by Gasteiger charge is 2.47. The number of carbonyl (C=O) groups excluding carboxylic acids is 1. The molecule has 2 unspecified atom stereocenters. The number of carbonyl (C=O) groups is 2. The van der Waals surface area contributed by atoms with Gasteiger partial charge in [-0.1, -0.05) is 33.9 Å². The van der Waals surface area contributed by atoms with Gasteiger partial charge in [-0.05, 0) is 11.5 Å². The molecule has 0 aromatic heterocycles. The molecule has 1 heterocycles. The molecule has 0 aliphatic carbocycles. The minimum atomic E-state index is -1.68. The first-order chi connectivity index (χ1) is 7.96. The molecular weight excluding hydrogens is 250 g/mol. The van der Waals surface area contributed by atoms with Crippen molar-refractivity contribution >= 4 is 20.0 Å². The Bertz CT molecular complexity index is 362. The van der Waals surface area contributed by atoms with Crippen LogP contribution in [-0.4, -0.2) is 53.4 Å². The first-order valence-electron chi connectivity index (χ1n) is 6.17. The van der Waals surface area contributed by atoms with E-state index in [2.05, 4.69) is 13.1 Å². The van der Waals surface area contributed by atoms with E-state index in [9.17, 15) is 19.8 Å². The van der Waals surface area contributed by atoms with E-state index in [4.69, 9.17) is 0 Å². The summed E-state index contributed by atoms with van der Waals surface area (Å²) in [6.07, 6.45) is -0.641. The van der Waals surface area contributed by atoms with Gasteiger partial charge in [0.2, 0.25) is 0 Å². The van der Waals surface area contributed by atoms with Crippen molar-refractivity contribution in [2.75, 3.05) is 6.17 Å². The lowest BCUT2D eigenvalue weighted by atomic mass is 9.88.